The van der Waals surface area contributed by atoms with Crippen LogP contribution in [0.1, 0.15) is 12.5 Å². The normalized spacial score (nSPS) is 10.6. The van der Waals surface area contributed by atoms with E-state index in [2.05, 4.69) is 10.0 Å². The van der Waals surface area contributed by atoms with Crippen molar-refractivity contribution < 1.29 is 0 Å². The van der Waals surface area contributed by atoms with Crippen molar-refractivity contribution in [1.82, 2.24) is 0 Å². The van der Waals surface area contributed by atoms with Gasteiger partial charge in [0.25, 0.3) is 0 Å². The van der Waals surface area contributed by atoms with Gasteiger partial charge in [0.15, 0.2) is 0 Å². The van der Waals surface area contributed by atoms with Gasteiger partial charge in [0.05, 0.1) is 0 Å². The summed E-state index contributed by atoms with van der Waals surface area (Å²) in [6, 6.07) is 9.55. The first-order valence-electron chi connectivity index (χ1n) is 3.65. The van der Waals surface area contributed by atoms with Crippen molar-refractivity contribution >= 4 is 5.70 Å². The molecule has 0 radical (unpaired) electrons. The van der Waals surface area contributed by atoms with Crippen molar-refractivity contribution in [3.63, 3.8) is 0 Å². The Bertz CT molecular complexity index is 321. The van der Waals surface area contributed by atoms with Crippen LogP contribution in [-0.2, 0) is 0 Å². The molecule has 0 unspecified atom stereocenters. The van der Waals surface area contributed by atoms with Crippen LogP contribution in [0.15, 0.2) is 41.5 Å². The fraction of sp³-hybridized carbons (Fsp3) is 0.111. The fourth-order valence-corrected chi connectivity index (χ4v) is 0.939. The van der Waals surface area contributed by atoms with Gasteiger partial charge < -0.3 is 0 Å². The van der Waals surface area contributed by atoms with Crippen molar-refractivity contribution in [2.75, 3.05) is 0 Å². The van der Waals surface area contributed by atoms with Crippen LogP contribution in [0.2, 0.25) is 0 Å². The largest absolute Gasteiger partial charge is 0.0775 e. The lowest BCUT2D eigenvalue weighted by molar-refractivity contribution is 1.45. The van der Waals surface area contributed by atoms with Gasteiger partial charge in [0.1, 0.15) is 0 Å². The SMILES string of the molecule is CC=C(N=[N+]=[N-])c1ccccc1. The zero-order valence-electron chi connectivity index (χ0n) is 6.81. The van der Waals surface area contributed by atoms with E-state index in [1.165, 1.54) is 0 Å². The zero-order chi connectivity index (χ0) is 8.81. The van der Waals surface area contributed by atoms with Crippen LogP contribution in [0.5, 0.6) is 0 Å². The van der Waals surface area contributed by atoms with Gasteiger partial charge in [-0.1, -0.05) is 41.5 Å². The molecule has 1 rings (SSSR count). The maximum Gasteiger partial charge on any atom is 0.0405 e. The minimum Gasteiger partial charge on any atom is -0.0775 e. The summed E-state index contributed by atoms with van der Waals surface area (Å²) in [4.78, 5) is 2.74. The number of nitrogens with zero attached hydrogens (tertiary/aromatic N) is 3. The minimum atomic E-state index is 0.665. The van der Waals surface area contributed by atoms with Crippen molar-refractivity contribution in [3.05, 3.63) is 52.4 Å². The van der Waals surface area contributed by atoms with Crippen LogP contribution in [-0.4, -0.2) is 0 Å². The highest BCUT2D eigenvalue weighted by molar-refractivity contribution is 5.63. The van der Waals surface area contributed by atoms with E-state index in [4.69, 9.17) is 5.53 Å². The fourth-order valence-electron chi connectivity index (χ4n) is 0.939. The molecular formula is C9H9N3. The second-order valence-electron chi connectivity index (χ2n) is 2.23. The monoisotopic (exact) mass is 159 g/mol. The Morgan fingerprint density at radius 1 is 1.42 bits per heavy atom. The Hall–Kier alpha value is -1.73. The van der Waals surface area contributed by atoms with Crippen molar-refractivity contribution in [3.8, 4) is 0 Å². The third-order valence-corrected chi connectivity index (χ3v) is 1.50. The van der Waals surface area contributed by atoms with E-state index in [9.17, 15) is 0 Å². The lowest BCUT2D eigenvalue weighted by atomic mass is 10.1. The molecule has 0 spiro atoms. The second kappa shape index (κ2) is 4.21. The number of benzene rings is 1. The summed E-state index contributed by atoms with van der Waals surface area (Å²) in [5.74, 6) is 0. The quantitative estimate of drug-likeness (QED) is 0.361. The smallest absolute Gasteiger partial charge is 0.0405 e. The van der Waals surface area contributed by atoms with Gasteiger partial charge in [-0.3, -0.25) is 0 Å². The molecule has 3 heteroatoms. The maximum atomic E-state index is 8.25. The first-order chi connectivity index (χ1) is 5.88. The number of hydrogen-bond acceptors (Lipinski definition) is 1. The average molecular weight is 159 g/mol. The standard InChI is InChI=1S/C9H9N3/c1-2-9(11-12-10)8-6-4-3-5-7-8/h2-7H,1H3. The Morgan fingerprint density at radius 3 is 2.58 bits per heavy atom. The molecule has 0 heterocycles. The van der Waals surface area contributed by atoms with Crippen LogP contribution < -0.4 is 0 Å². The summed E-state index contributed by atoms with van der Waals surface area (Å²) in [5.41, 5.74) is 9.85. The summed E-state index contributed by atoms with van der Waals surface area (Å²) >= 11 is 0. The molecule has 60 valence electrons. The highest BCUT2D eigenvalue weighted by atomic mass is 15.1. The molecule has 0 aromatic heterocycles. The number of azide groups is 1. The van der Waals surface area contributed by atoms with Crippen molar-refractivity contribution in [2.45, 2.75) is 6.92 Å². The molecule has 0 saturated carbocycles. The van der Waals surface area contributed by atoms with Gasteiger partial charge in [0.2, 0.25) is 0 Å². The van der Waals surface area contributed by atoms with Gasteiger partial charge in [-0.25, -0.2) is 0 Å². The van der Waals surface area contributed by atoms with E-state index in [0.717, 1.165) is 5.56 Å². The van der Waals surface area contributed by atoms with Gasteiger partial charge in [-0.2, -0.15) is 0 Å². The molecule has 0 amide bonds. The van der Waals surface area contributed by atoms with Crippen LogP contribution in [0.3, 0.4) is 0 Å². The molecule has 0 saturated heterocycles. The number of allylic oxidation sites excluding steroid dienone is 1. The Morgan fingerprint density at radius 2 is 2.08 bits per heavy atom. The Kier molecular flexibility index (Phi) is 2.94. The molecule has 1 aromatic carbocycles. The molecule has 1 aromatic rings. The zero-order valence-corrected chi connectivity index (χ0v) is 6.81. The van der Waals surface area contributed by atoms with Crippen LogP contribution in [0.25, 0.3) is 16.1 Å². The maximum absolute atomic E-state index is 8.25. The second-order valence-corrected chi connectivity index (χ2v) is 2.23. The van der Waals surface area contributed by atoms with Gasteiger partial charge in [-0.05, 0) is 18.0 Å². The molecule has 0 aliphatic heterocycles. The number of rotatable bonds is 2. The topological polar surface area (TPSA) is 48.8 Å². The number of hydrogen-bond donors (Lipinski definition) is 0. The predicted octanol–water partition coefficient (Wildman–Crippen LogP) is 3.36. The highest BCUT2D eigenvalue weighted by Crippen LogP contribution is 2.14. The van der Waals surface area contributed by atoms with E-state index in [-0.39, 0.29) is 0 Å². The first-order valence-corrected chi connectivity index (χ1v) is 3.65. The summed E-state index contributed by atoms with van der Waals surface area (Å²) in [5, 5.41) is 3.55. The summed E-state index contributed by atoms with van der Waals surface area (Å²) in [6.45, 7) is 1.84. The van der Waals surface area contributed by atoms with Crippen molar-refractivity contribution in [1.29, 1.82) is 0 Å². The van der Waals surface area contributed by atoms with E-state index in [0.29, 0.717) is 5.70 Å². The predicted molar refractivity (Wildman–Crippen MR) is 49.2 cm³/mol. The van der Waals surface area contributed by atoms with E-state index >= 15 is 0 Å². The molecular weight excluding hydrogens is 150 g/mol. The molecule has 0 bridgehead atoms. The first kappa shape index (κ1) is 8.37. The minimum absolute atomic E-state index is 0.665. The molecule has 0 fully saturated rings. The lowest BCUT2D eigenvalue weighted by Crippen LogP contribution is -1.76. The highest BCUT2D eigenvalue weighted by Gasteiger charge is 1.93. The summed E-state index contributed by atoms with van der Waals surface area (Å²) in [7, 11) is 0. The van der Waals surface area contributed by atoms with E-state index < -0.39 is 0 Å². The van der Waals surface area contributed by atoms with Gasteiger partial charge in [0, 0.05) is 10.6 Å². The molecule has 0 atom stereocenters. The molecule has 0 aliphatic carbocycles. The molecule has 0 aliphatic rings. The third kappa shape index (κ3) is 1.87. The van der Waals surface area contributed by atoms with Crippen LogP contribution in [0, 0.1) is 0 Å². The Balaban J connectivity index is 3.05. The lowest BCUT2D eigenvalue weighted by Gasteiger charge is -1.97. The molecule has 3 nitrogen and oxygen atoms in total. The summed E-state index contributed by atoms with van der Waals surface area (Å²) < 4.78 is 0. The van der Waals surface area contributed by atoms with E-state index in [1.54, 1.807) is 6.08 Å². The molecule has 0 N–H and O–H groups in total. The van der Waals surface area contributed by atoms with E-state index in [1.807, 2.05) is 37.3 Å². The summed E-state index contributed by atoms with van der Waals surface area (Å²) in [6.07, 6.45) is 1.79. The third-order valence-electron chi connectivity index (χ3n) is 1.50. The molecule has 12 heavy (non-hydrogen) atoms. The van der Waals surface area contributed by atoms with Crippen molar-refractivity contribution in [2.24, 2.45) is 5.11 Å². The van der Waals surface area contributed by atoms with Gasteiger partial charge in [-0.15, -0.1) is 0 Å². The van der Waals surface area contributed by atoms with Crippen LogP contribution >= 0.6 is 0 Å². The average Bonchev–Trinajstić information content (AvgIpc) is 2.15. The van der Waals surface area contributed by atoms with Crippen LogP contribution in [0.4, 0.5) is 0 Å². The van der Waals surface area contributed by atoms with Gasteiger partial charge >= 0.3 is 0 Å². The Labute approximate surface area is 71.0 Å².